The Morgan fingerprint density at radius 2 is 2.00 bits per heavy atom. The molecule has 0 spiro atoms. The van der Waals surface area contributed by atoms with Gasteiger partial charge in [-0.2, -0.15) is 0 Å². The summed E-state index contributed by atoms with van der Waals surface area (Å²) in [5.41, 5.74) is 5.85. The maximum atomic E-state index is 12.8. The number of nitrogens with one attached hydrogen (secondary N) is 1. The lowest BCUT2D eigenvalue weighted by Gasteiger charge is -2.18. The van der Waals surface area contributed by atoms with Crippen molar-refractivity contribution in [1.82, 2.24) is 0 Å². The summed E-state index contributed by atoms with van der Waals surface area (Å²) in [6.07, 6.45) is 0.814. The molecule has 2 nitrogen and oxygen atoms in total. The van der Waals surface area contributed by atoms with E-state index in [4.69, 9.17) is 0 Å². The highest BCUT2D eigenvalue weighted by atomic mass is 32.2. The number of carbonyl (C=O) groups excluding carboxylic acids is 1. The zero-order valence-corrected chi connectivity index (χ0v) is 15.0. The van der Waals surface area contributed by atoms with Crippen LogP contribution in [0.25, 0.3) is 0 Å². The summed E-state index contributed by atoms with van der Waals surface area (Å²) in [5.74, 6) is 0.501. The molecule has 2 aromatic carbocycles. The largest absolute Gasteiger partial charge is 0.325 e. The minimum Gasteiger partial charge on any atom is -0.325 e. The average Bonchev–Trinajstić information content (AvgIpc) is 2.92. The Labute approximate surface area is 142 Å². The second-order valence-corrected chi connectivity index (χ2v) is 7.85. The first-order valence-electron chi connectivity index (χ1n) is 8.12. The molecular weight excluding hydrogens is 302 g/mol. The first kappa shape index (κ1) is 16.1. The first-order chi connectivity index (χ1) is 11.0. The van der Waals surface area contributed by atoms with Gasteiger partial charge in [-0.25, -0.2) is 0 Å². The highest BCUT2D eigenvalue weighted by molar-refractivity contribution is 8.01. The predicted octanol–water partition coefficient (Wildman–Crippen LogP) is 5.08. The molecule has 0 bridgehead atoms. The molecule has 3 heteroatoms. The zero-order valence-electron chi connectivity index (χ0n) is 14.1. The monoisotopic (exact) mass is 325 g/mol. The molecule has 1 N–H and O–H groups in total. The molecule has 1 heterocycles. The van der Waals surface area contributed by atoms with Gasteiger partial charge in [-0.3, -0.25) is 4.79 Å². The molecule has 0 radical (unpaired) electrons. The minimum absolute atomic E-state index is 0.0357. The Hall–Kier alpha value is -1.74. The van der Waals surface area contributed by atoms with Crippen LogP contribution in [-0.2, 0) is 11.2 Å². The predicted molar refractivity (Wildman–Crippen MR) is 98.4 cm³/mol. The van der Waals surface area contributed by atoms with Crippen LogP contribution in [-0.4, -0.2) is 11.2 Å². The number of thioether (sulfide) groups is 1. The van der Waals surface area contributed by atoms with Crippen molar-refractivity contribution in [3.63, 3.8) is 0 Å². The Kier molecular flexibility index (Phi) is 4.49. The van der Waals surface area contributed by atoms with Gasteiger partial charge in [0.1, 0.15) is 0 Å². The van der Waals surface area contributed by atoms with Crippen molar-refractivity contribution in [2.75, 3.05) is 5.32 Å². The highest BCUT2D eigenvalue weighted by Crippen LogP contribution is 2.38. The lowest BCUT2D eigenvalue weighted by molar-refractivity contribution is -0.115. The van der Waals surface area contributed by atoms with Gasteiger partial charge in [-0.1, -0.05) is 49.7 Å². The van der Waals surface area contributed by atoms with Gasteiger partial charge in [-0.15, -0.1) is 11.8 Å². The minimum atomic E-state index is -0.0357. The second-order valence-electron chi connectivity index (χ2n) is 6.60. The maximum Gasteiger partial charge on any atom is 0.238 e. The molecule has 3 rings (SSSR count). The standard InChI is InChI=1S/C20H23NOS/c1-12(2)16-7-5-6-14(4)19(16)21-20(22)18-11-15-9-8-13(3)10-17(15)23-18/h5-10,12,18H,11H2,1-4H3,(H,21,22). The first-order valence-corrected chi connectivity index (χ1v) is 9.00. The summed E-state index contributed by atoms with van der Waals surface area (Å²) in [4.78, 5) is 14.0. The summed E-state index contributed by atoms with van der Waals surface area (Å²) in [7, 11) is 0. The van der Waals surface area contributed by atoms with Crippen molar-refractivity contribution in [2.24, 2.45) is 0 Å². The Morgan fingerprint density at radius 3 is 2.74 bits per heavy atom. The number of aryl methyl sites for hydroxylation is 2. The number of amides is 1. The van der Waals surface area contributed by atoms with Crippen molar-refractivity contribution in [1.29, 1.82) is 0 Å². The number of anilines is 1. The van der Waals surface area contributed by atoms with Gasteiger partial charge in [0.25, 0.3) is 0 Å². The fraction of sp³-hybridized carbons (Fsp3) is 0.350. The molecule has 0 aliphatic carbocycles. The molecule has 0 saturated heterocycles. The van der Waals surface area contributed by atoms with Gasteiger partial charge >= 0.3 is 0 Å². The molecular formula is C20H23NOS. The van der Waals surface area contributed by atoms with E-state index in [2.05, 4.69) is 69.4 Å². The zero-order chi connectivity index (χ0) is 16.6. The number of carbonyl (C=O) groups is 1. The van der Waals surface area contributed by atoms with E-state index in [0.717, 1.165) is 17.7 Å². The fourth-order valence-corrected chi connectivity index (χ4v) is 4.32. The molecule has 1 atom stereocenters. The van der Waals surface area contributed by atoms with Crippen LogP contribution in [0.15, 0.2) is 41.3 Å². The summed E-state index contributed by atoms with van der Waals surface area (Å²) in [5, 5.41) is 3.16. The Morgan fingerprint density at radius 1 is 1.22 bits per heavy atom. The molecule has 1 amide bonds. The number of hydrogen-bond acceptors (Lipinski definition) is 2. The molecule has 2 aromatic rings. The van der Waals surface area contributed by atoms with Gasteiger partial charge < -0.3 is 5.32 Å². The molecule has 120 valence electrons. The summed E-state index contributed by atoms with van der Waals surface area (Å²) >= 11 is 1.69. The number of hydrogen-bond donors (Lipinski definition) is 1. The third-order valence-corrected chi connectivity index (χ3v) is 5.66. The number of benzene rings is 2. The van der Waals surface area contributed by atoms with Gasteiger partial charge in [0.05, 0.1) is 5.25 Å². The van der Waals surface area contributed by atoms with Gasteiger partial charge in [0.15, 0.2) is 0 Å². The molecule has 0 saturated carbocycles. The van der Waals surface area contributed by atoms with Crippen LogP contribution >= 0.6 is 11.8 Å². The van der Waals surface area contributed by atoms with E-state index in [9.17, 15) is 4.79 Å². The lowest BCUT2D eigenvalue weighted by atomic mass is 9.98. The van der Waals surface area contributed by atoms with Gasteiger partial charge in [0, 0.05) is 10.6 Å². The topological polar surface area (TPSA) is 29.1 Å². The van der Waals surface area contributed by atoms with Crippen molar-refractivity contribution in [3.05, 3.63) is 58.7 Å². The fourth-order valence-electron chi connectivity index (χ4n) is 3.03. The van der Waals surface area contributed by atoms with Gasteiger partial charge in [0.2, 0.25) is 5.91 Å². The van der Waals surface area contributed by atoms with E-state index >= 15 is 0 Å². The maximum absolute atomic E-state index is 12.8. The van der Waals surface area contributed by atoms with Crippen LogP contribution in [0.2, 0.25) is 0 Å². The van der Waals surface area contributed by atoms with Crippen LogP contribution in [0, 0.1) is 13.8 Å². The van der Waals surface area contributed by atoms with Crippen molar-refractivity contribution in [3.8, 4) is 0 Å². The van der Waals surface area contributed by atoms with E-state index in [0.29, 0.717) is 5.92 Å². The van der Waals surface area contributed by atoms with Gasteiger partial charge in [-0.05, 0) is 48.9 Å². The molecule has 1 aliphatic heterocycles. The molecule has 0 aromatic heterocycles. The average molecular weight is 325 g/mol. The summed E-state index contributed by atoms with van der Waals surface area (Å²) in [6, 6.07) is 12.7. The van der Waals surface area contributed by atoms with E-state index in [1.54, 1.807) is 11.8 Å². The molecule has 23 heavy (non-hydrogen) atoms. The van der Waals surface area contributed by atoms with Crippen molar-refractivity contribution in [2.45, 2.75) is 50.2 Å². The van der Waals surface area contributed by atoms with E-state index in [-0.39, 0.29) is 11.2 Å². The Balaban J connectivity index is 1.79. The van der Waals surface area contributed by atoms with Crippen molar-refractivity contribution >= 4 is 23.4 Å². The highest BCUT2D eigenvalue weighted by Gasteiger charge is 2.29. The van der Waals surface area contributed by atoms with Crippen LogP contribution < -0.4 is 5.32 Å². The normalized spacial score (nSPS) is 16.5. The summed E-state index contributed by atoms with van der Waals surface area (Å²) in [6.45, 7) is 8.47. The van der Waals surface area contributed by atoms with E-state index in [1.165, 1.54) is 21.6 Å². The second kappa shape index (κ2) is 6.40. The molecule has 1 aliphatic rings. The number of para-hydroxylation sites is 1. The van der Waals surface area contributed by atoms with Crippen LogP contribution in [0.5, 0.6) is 0 Å². The molecule has 1 unspecified atom stereocenters. The lowest BCUT2D eigenvalue weighted by Crippen LogP contribution is -2.25. The van der Waals surface area contributed by atoms with E-state index in [1.807, 2.05) is 0 Å². The van der Waals surface area contributed by atoms with Crippen LogP contribution in [0.4, 0.5) is 5.69 Å². The van der Waals surface area contributed by atoms with Crippen LogP contribution in [0.3, 0.4) is 0 Å². The van der Waals surface area contributed by atoms with Crippen molar-refractivity contribution < 1.29 is 4.79 Å². The third-order valence-electron chi connectivity index (χ3n) is 4.36. The number of fused-ring (bicyclic) bond motifs is 1. The quantitative estimate of drug-likeness (QED) is 0.852. The third kappa shape index (κ3) is 3.30. The summed E-state index contributed by atoms with van der Waals surface area (Å²) < 4.78 is 0. The Bertz CT molecular complexity index is 751. The SMILES string of the molecule is Cc1ccc2c(c1)SC(C(=O)Nc1c(C)cccc1C(C)C)C2. The molecule has 0 fully saturated rings. The smallest absolute Gasteiger partial charge is 0.238 e. The number of rotatable bonds is 3. The van der Waals surface area contributed by atoms with Crippen LogP contribution in [0.1, 0.15) is 42.0 Å². The van der Waals surface area contributed by atoms with E-state index < -0.39 is 0 Å².